The molecule has 0 atom stereocenters. The van der Waals surface area contributed by atoms with Gasteiger partial charge >= 0.3 is 5.97 Å². The van der Waals surface area contributed by atoms with Crippen molar-refractivity contribution in [3.8, 4) is 0 Å². The quantitative estimate of drug-likeness (QED) is 0.589. The molecule has 0 fully saturated rings. The number of thiophene rings is 1. The van der Waals surface area contributed by atoms with Crippen molar-refractivity contribution in [1.29, 1.82) is 0 Å². The van der Waals surface area contributed by atoms with Crippen LogP contribution in [0.1, 0.15) is 18.2 Å². The number of thiocarbonyl (C=S) groups is 1. The molecule has 6 nitrogen and oxygen atoms in total. The first-order valence-corrected chi connectivity index (χ1v) is 8.47. The van der Waals surface area contributed by atoms with Crippen LogP contribution in [0.2, 0.25) is 0 Å². The molecule has 2 N–H and O–H groups in total. The van der Waals surface area contributed by atoms with E-state index in [1.165, 1.54) is 13.1 Å². The first-order valence-electron chi connectivity index (χ1n) is 5.80. The molecule has 0 spiro atoms. The van der Waals surface area contributed by atoms with Gasteiger partial charge in [-0.05, 0) is 19.1 Å². The van der Waals surface area contributed by atoms with Crippen LogP contribution >= 0.6 is 23.6 Å². The molecule has 0 amide bonds. The van der Waals surface area contributed by atoms with Gasteiger partial charge in [0, 0.05) is 13.6 Å². The molecule has 0 aromatic carbocycles. The van der Waals surface area contributed by atoms with Crippen LogP contribution in [0.15, 0.2) is 16.3 Å². The molecular formula is C11H16N2O4S3. The third-order valence-electron chi connectivity index (χ3n) is 2.42. The smallest absolute Gasteiger partial charge is 0.307 e. The minimum atomic E-state index is -3.63. The number of esters is 1. The average Bonchev–Trinajstić information content (AvgIpc) is 2.86. The molecule has 0 unspecified atom stereocenters. The van der Waals surface area contributed by atoms with Gasteiger partial charge in [0.05, 0.1) is 17.9 Å². The van der Waals surface area contributed by atoms with E-state index < -0.39 is 16.0 Å². The number of nitrogens with zero attached hydrogens (tertiary/aromatic N) is 1. The predicted octanol–water partition coefficient (Wildman–Crippen LogP) is 0.956. The highest BCUT2D eigenvalue weighted by atomic mass is 32.2. The van der Waals surface area contributed by atoms with Crippen molar-refractivity contribution >= 4 is 44.5 Å². The average molecular weight is 336 g/mol. The molecule has 0 aliphatic rings. The maximum absolute atomic E-state index is 12.2. The third-order valence-corrected chi connectivity index (χ3v) is 6.22. The molecule has 9 heteroatoms. The predicted molar refractivity (Wildman–Crippen MR) is 81.3 cm³/mol. The van der Waals surface area contributed by atoms with Crippen molar-refractivity contribution in [3.63, 3.8) is 0 Å². The number of rotatable bonds is 7. The SMILES string of the molecule is CCOC(=O)CCN(C)S(=O)(=O)c1ccc(C(N)=S)s1. The van der Waals surface area contributed by atoms with Crippen molar-refractivity contribution in [2.24, 2.45) is 5.73 Å². The zero-order valence-corrected chi connectivity index (χ0v) is 13.6. The van der Waals surface area contributed by atoms with Crippen LogP contribution in [-0.4, -0.2) is 43.9 Å². The first kappa shape index (κ1) is 17.0. The van der Waals surface area contributed by atoms with E-state index in [1.54, 1.807) is 13.0 Å². The van der Waals surface area contributed by atoms with Gasteiger partial charge in [-0.1, -0.05) is 12.2 Å². The summed E-state index contributed by atoms with van der Waals surface area (Å²) in [7, 11) is -2.22. The second kappa shape index (κ2) is 7.11. The Morgan fingerprint density at radius 3 is 2.65 bits per heavy atom. The van der Waals surface area contributed by atoms with E-state index in [2.05, 4.69) is 0 Å². The Hall–Kier alpha value is -1.03. The zero-order valence-electron chi connectivity index (χ0n) is 11.2. The van der Waals surface area contributed by atoms with Gasteiger partial charge in [-0.2, -0.15) is 4.31 Å². The van der Waals surface area contributed by atoms with Crippen LogP contribution in [0.25, 0.3) is 0 Å². The molecule has 0 radical (unpaired) electrons. The lowest BCUT2D eigenvalue weighted by molar-refractivity contribution is -0.143. The number of nitrogens with two attached hydrogens (primary N) is 1. The second-order valence-electron chi connectivity index (χ2n) is 3.86. The topological polar surface area (TPSA) is 89.7 Å². The van der Waals surface area contributed by atoms with Crippen LogP contribution < -0.4 is 5.73 Å². The molecule has 20 heavy (non-hydrogen) atoms. The Morgan fingerprint density at radius 1 is 1.50 bits per heavy atom. The van der Waals surface area contributed by atoms with Gasteiger partial charge in [0.2, 0.25) is 0 Å². The number of sulfonamides is 1. The Balaban J connectivity index is 2.76. The normalized spacial score (nSPS) is 11.6. The summed E-state index contributed by atoms with van der Waals surface area (Å²) in [6, 6.07) is 3.02. The van der Waals surface area contributed by atoms with Crippen molar-refractivity contribution in [2.75, 3.05) is 20.2 Å². The molecule has 0 saturated heterocycles. The van der Waals surface area contributed by atoms with E-state index in [-0.39, 0.29) is 28.8 Å². The van der Waals surface area contributed by atoms with Gasteiger partial charge < -0.3 is 10.5 Å². The van der Waals surface area contributed by atoms with Crippen molar-refractivity contribution in [1.82, 2.24) is 4.31 Å². The van der Waals surface area contributed by atoms with Gasteiger partial charge in [-0.3, -0.25) is 4.79 Å². The Labute approximate surface area is 127 Å². The number of hydrogen-bond acceptors (Lipinski definition) is 6. The van der Waals surface area contributed by atoms with E-state index in [4.69, 9.17) is 22.7 Å². The van der Waals surface area contributed by atoms with Crippen LogP contribution in [0.5, 0.6) is 0 Å². The van der Waals surface area contributed by atoms with Gasteiger partial charge in [-0.15, -0.1) is 11.3 Å². The van der Waals surface area contributed by atoms with Gasteiger partial charge in [0.25, 0.3) is 10.0 Å². The lowest BCUT2D eigenvalue weighted by Gasteiger charge is -2.15. The standard InChI is InChI=1S/C11H16N2O4S3/c1-3-17-9(14)6-7-13(2)20(15,16)10-5-4-8(19-10)11(12)18/h4-5H,3,6-7H2,1-2H3,(H2,12,18). The lowest BCUT2D eigenvalue weighted by atomic mass is 10.4. The maximum atomic E-state index is 12.2. The summed E-state index contributed by atoms with van der Waals surface area (Å²) in [6.07, 6.45) is 0.0110. The molecule has 1 aromatic heterocycles. The highest BCUT2D eigenvalue weighted by Gasteiger charge is 2.23. The summed E-state index contributed by atoms with van der Waals surface area (Å²) in [6.45, 7) is 2.03. The molecule has 0 bridgehead atoms. The molecular weight excluding hydrogens is 320 g/mol. The number of carbonyl (C=O) groups is 1. The fourth-order valence-electron chi connectivity index (χ4n) is 1.35. The van der Waals surface area contributed by atoms with Gasteiger partial charge in [-0.25, -0.2) is 8.42 Å². The summed E-state index contributed by atoms with van der Waals surface area (Å²) in [5.74, 6) is -0.426. The van der Waals surface area contributed by atoms with E-state index in [0.717, 1.165) is 15.6 Å². The van der Waals surface area contributed by atoms with Gasteiger partial charge in [0.15, 0.2) is 0 Å². The van der Waals surface area contributed by atoms with Crippen LogP contribution in [0.4, 0.5) is 0 Å². The number of ether oxygens (including phenoxy) is 1. The molecule has 0 aliphatic heterocycles. The fraction of sp³-hybridized carbons (Fsp3) is 0.455. The van der Waals surface area contributed by atoms with Crippen LogP contribution in [0.3, 0.4) is 0 Å². The van der Waals surface area contributed by atoms with Crippen molar-refractivity contribution in [3.05, 3.63) is 17.0 Å². The second-order valence-corrected chi connectivity index (χ2v) is 7.66. The largest absolute Gasteiger partial charge is 0.466 e. The summed E-state index contributed by atoms with van der Waals surface area (Å²) < 4.78 is 30.5. The molecule has 1 heterocycles. The van der Waals surface area contributed by atoms with Crippen molar-refractivity contribution < 1.29 is 17.9 Å². The van der Waals surface area contributed by atoms with Crippen LogP contribution in [0, 0.1) is 0 Å². The highest BCUT2D eigenvalue weighted by Crippen LogP contribution is 2.24. The first-order chi connectivity index (χ1) is 9.28. The molecule has 0 aliphatic carbocycles. The Morgan fingerprint density at radius 2 is 2.15 bits per heavy atom. The van der Waals surface area contributed by atoms with Crippen molar-refractivity contribution in [2.45, 2.75) is 17.6 Å². The minimum absolute atomic E-state index is 0.0110. The number of hydrogen-bond donors (Lipinski definition) is 1. The van der Waals surface area contributed by atoms with Gasteiger partial charge in [0.1, 0.15) is 9.20 Å². The minimum Gasteiger partial charge on any atom is -0.466 e. The summed E-state index contributed by atoms with van der Waals surface area (Å²) in [4.78, 5) is 11.9. The van der Waals surface area contributed by atoms with E-state index >= 15 is 0 Å². The molecule has 112 valence electrons. The lowest BCUT2D eigenvalue weighted by Crippen LogP contribution is -2.29. The van der Waals surface area contributed by atoms with E-state index in [9.17, 15) is 13.2 Å². The molecule has 1 aromatic rings. The third kappa shape index (κ3) is 4.23. The summed E-state index contributed by atoms with van der Waals surface area (Å²) >= 11 is 5.81. The summed E-state index contributed by atoms with van der Waals surface area (Å²) in [5, 5.41) is 0. The maximum Gasteiger partial charge on any atom is 0.307 e. The highest BCUT2D eigenvalue weighted by molar-refractivity contribution is 7.91. The van der Waals surface area contributed by atoms with Crippen LogP contribution in [-0.2, 0) is 19.6 Å². The molecule has 1 rings (SSSR count). The zero-order chi connectivity index (χ0) is 15.3. The summed E-state index contributed by atoms with van der Waals surface area (Å²) in [5.41, 5.74) is 5.45. The molecule has 0 saturated carbocycles. The monoisotopic (exact) mass is 336 g/mol. The fourth-order valence-corrected chi connectivity index (χ4v) is 4.08. The van der Waals surface area contributed by atoms with E-state index in [1.807, 2.05) is 0 Å². The Kier molecular flexibility index (Phi) is 6.06. The Bertz CT molecular complexity index is 595. The number of carbonyl (C=O) groups excluding carboxylic acids is 1. The van der Waals surface area contributed by atoms with E-state index in [0.29, 0.717) is 4.88 Å².